The minimum atomic E-state index is -3.85. The van der Waals surface area contributed by atoms with Crippen LogP contribution < -0.4 is 15.9 Å². The van der Waals surface area contributed by atoms with Crippen molar-refractivity contribution in [1.82, 2.24) is 29.7 Å². The molecule has 0 spiro atoms. The van der Waals surface area contributed by atoms with Gasteiger partial charge >= 0.3 is 5.97 Å². The van der Waals surface area contributed by atoms with E-state index in [1.54, 1.807) is 30.0 Å². The second-order valence-corrected chi connectivity index (χ2v) is 12.5. The Morgan fingerprint density at radius 2 is 1.84 bits per heavy atom. The van der Waals surface area contributed by atoms with Crippen LogP contribution in [0.25, 0.3) is 11.2 Å². The number of benzene rings is 1. The number of anilines is 1. The number of hydrogen-bond acceptors (Lipinski definition) is 9. The van der Waals surface area contributed by atoms with Crippen molar-refractivity contribution in [3.63, 3.8) is 0 Å². The first-order valence-corrected chi connectivity index (χ1v) is 14.2. The van der Waals surface area contributed by atoms with Gasteiger partial charge in [0.25, 0.3) is 13.4 Å². The fourth-order valence-corrected chi connectivity index (χ4v) is 5.66. The monoisotopic (exact) mass is 565 g/mol. The van der Waals surface area contributed by atoms with Gasteiger partial charge in [0.1, 0.15) is 23.7 Å². The van der Waals surface area contributed by atoms with E-state index in [1.807, 2.05) is 13.8 Å². The SMILES string of the molecule is CC(C)COC(=O)C(C)(C)NP(=O)(COC(C)Cn1cnc2c(N)ncnc21)NC(=O)c1ccc(Cl)cc1. The second kappa shape index (κ2) is 12.2. The summed E-state index contributed by atoms with van der Waals surface area (Å²) in [5.74, 6) is -0.849. The van der Waals surface area contributed by atoms with Gasteiger partial charge in [0.05, 0.1) is 25.6 Å². The number of imidazole rings is 1. The van der Waals surface area contributed by atoms with Crippen molar-refractivity contribution in [3.8, 4) is 0 Å². The smallest absolute Gasteiger partial charge is 0.326 e. The quantitative estimate of drug-likeness (QED) is 0.218. The van der Waals surface area contributed by atoms with Crippen molar-refractivity contribution in [1.29, 1.82) is 0 Å². The zero-order valence-corrected chi connectivity index (χ0v) is 23.6. The predicted molar refractivity (Wildman–Crippen MR) is 145 cm³/mol. The molecule has 1 amide bonds. The normalized spacial score (nSPS) is 14.3. The molecule has 2 aromatic heterocycles. The van der Waals surface area contributed by atoms with Crippen molar-refractivity contribution in [2.24, 2.45) is 5.92 Å². The number of fused-ring (bicyclic) bond motifs is 1. The summed E-state index contributed by atoms with van der Waals surface area (Å²) < 4.78 is 27.0. The van der Waals surface area contributed by atoms with Gasteiger partial charge in [0.15, 0.2) is 11.5 Å². The van der Waals surface area contributed by atoms with Gasteiger partial charge in [-0.2, -0.15) is 0 Å². The van der Waals surface area contributed by atoms with Crippen molar-refractivity contribution in [2.75, 3.05) is 18.7 Å². The number of nitrogens with zero attached hydrogens (tertiary/aromatic N) is 4. The van der Waals surface area contributed by atoms with Crippen LogP contribution in [0.5, 0.6) is 0 Å². The van der Waals surface area contributed by atoms with Crippen molar-refractivity contribution in [3.05, 3.63) is 47.5 Å². The Morgan fingerprint density at radius 3 is 2.50 bits per heavy atom. The molecule has 0 radical (unpaired) electrons. The first-order chi connectivity index (χ1) is 17.8. The zero-order chi connectivity index (χ0) is 28.1. The summed E-state index contributed by atoms with van der Waals surface area (Å²) in [5.41, 5.74) is 5.69. The third-order valence-corrected chi connectivity index (χ3v) is 7.58. The molecule has 0 bridgehead atoms. The molecular formula is C24H33ClN7O5P. The minimum absolute atomic E-state index is 0.121. The Labute approximate surface area is 226 Å². The fraction of sp³-hybridized carbons (Fsp3) is 0.458. The molecule has 38 heavy (non-hydrogen) atoms. The van der Waals surface area contributed by atoms with Gasteiger partial charge in [-0.05, 0) is 51.0 Å². The lowest BCUT2D eigenvalue weighted by Crippen LogP contribution is -2.49. The summed E-state index contributed by atoms with van der Waals surface area (Å²) in [5, 5.41) is 5.78. The largest absolute Gasteiger partial charge is 0.464 e. The van der Waals surface area contributed by atoms with E-state index in [0.29, 0.717) is 22.7 Å². The fourth-order valence-electron chi connectivity index (χ4n) is 3.44. The molecule has 2 heterocycles. The molecule has 0 aliphatic carbocycles. The van der Waals surface area contributed by atoms with Crippen molar-refractivity contribution in [2.45, 2.75) is 52.8 Å². The van der Waals surface area contributed by atoms with Crippen LogP contribution in [0.2, 0.25) is 5.02 Å². The van der Waals surface area contributed by atoms with Gasteiger partial charge in [-0.3, -0.25) is 19.2 Å². The molecule has 0 aliphatic rings. The molecule has 2 atom stereocenters. The van der Waals surface area contributed by atoms with Crippen LogP contribution in [0.1, 0.15) is 45.0 Å². The highest BCUT2D eigenvalue weighted by Crippen LogP contribution is 2.40. The molecular weight excluding hydrogens is 533 g/mol. The maximum Gasteiger partial charge on any atom is 0.326 e. The topological polar surface area (TPSA) is 163 Å². The number of rotatable bonds is 12. The maximum absolute atomic E-state index is 14.0. The number of nitrogens with one attached hydrogen (secondary N) is 2. The summed E-state index contributed by atoms with van der Waals surface area (Å²) in [6.45, 7) is 9.14. The number of carbonyl (C=O) groups is 2. The summed E-state index contributed by atoms with van der Waals surface area (Å²) in [4.78, 5) is 38.0. The number of carbonyl (C=O) groups excluding carboxylic acids is 2. The second-order valence-electron chi connectivity index (χ2n) is 9.85. The third kappa shape index (κ3) is 7.73. The van der Waals surface area contributed by atoms with Crippen LogP contribution in [0.3, 0.4) is 0 Å². The number of esters is 1. The van der Waals surface area contributed by atoms with Crippen molar-refractivity contribution < 1.29 is 23.6 Å². The highest BCUT2D eigenvalue weighted by Gasteiger charge is 2.39. The molecule has 0 saturated carbocycles. The van der Waals surface area contributed by atoms with Crippen LogP contribution in [-0.2, 0) is 25.4 Å². The van der Waals surface area contributed by atoms with E-state index in [1.165, 1.54) is 32.3 Å². The Morgan fingerprint density at radius 1 is 1.16 bits per heavy atom. The first kappa shape index (κ1) is 29.5. The Bertz CT molecular complexity index is 1330. The van der Waals surface area contributed by atoms with Gasteiger partial charge in [-0.25, -0.2) is 20.0 Å². The summed E-state index contributed by atoms with van der Waals surface area (Å²) >= 11 is 5.92. The summed E-state index contributed by atoms with van der Waals surface area (Å²) in [6.07, 6.45) is 2.01. The Hall–Kier alpha value is -3.05. The van der Waals surface area contributed by atoms with E-state index in [4.69, 9.17) is 26.8 Å². The summed E-state index contributed by atoms with van der Waals surface area (Å²) in [7, 11) is -3.85. The molecule has 1 aromatic carbocycles. The molecule has 0 fully saturated rings. The lowest BCUT2D eigenvalue weighted by Gasteiger charge is -2.31. The van der Waals surface area contributed by atoms with Gasteiger partial charge in [-0.1, -0.05) is 25.4 Å². The standard InChI is InChI=1S/C24H33ClN7O5P/c1-15(2)11-36-23(34)24(4,5)31-38(35,30-22(33)17-6-8-18(25)9-7-17)14-37-16(3)10-32-13-29-19-20(26)27-12-28-21(19)32/h6-9,12-13,15-16H,10-11,14H2,1-5H3,(H2,26,27,28)(H2,30,31,33,35). The van der Waals surface area contributed by atoms with E-state index < -0.39 is 37.3 Å². The molecule has 3 aromatic rings. The third-order valence-electron chi connectivity index (χ3n) is 5.33. The van der Waals surface area contributed by atoms with E-state index in [9.17, 15) is 14.2 Å². The number of nitrogen functional groups attached to an aromatic ring is 1. The average molecular weight is 566 g/mol. The average Bonchev–Trinajstić information content (AvgIpc) is 3.25. The Balaban J connectivity index is 1.76. The molecule has 206 valence electrons. The van der Waals surface area contributed by atoms with E-state index in [-0.39, 0.29) is 23.9 Å². The molecule has 0 aliphatic heterocycles. The number of aromatic nitrogens is 4. The molecule has 14 heteroatoms. The van der Waals surface area contributed by atoms with Crippen LogP contribution in [-0.4, -0.2) is 56.0 Å². The van der Waals surface area contributed by atoms with Crippen molar-refractivity contribution >= 4 is 47.9 Å². The number of halogens is 1. The minimum Gasteiger partial charge on any atom is -0.464 e. The number of nitrogens with two attached hydrogens (primary N) is 1. The molecule has 4 N–H and O–H groups in total. The molecule has 2 unspecified atom stereocenters. The van der Waals surface area contributed by atoms with Gasteiger partial charge in [0, 0.05) is 10.6 Å². The van der Waals surface area contributed by atoms with Gasteiger partial charge in [-0.15, -0.1) is 0 Å². The van der Waals surface area contributed by atoms with Crippen LogP contribution in [0, 0.1) is 5.92 Å². The highest BCUT2D eigenvalue weighted by atomic mass is 35.5. The van der Waals surface area contributed by atoms with Gasteiger partial charge in [0.2, 0.25) is 0 Å². The molecule has 12 nitrogen and oxygen atoms in total. The van der Waals surface area contributed by atoms with Crippen LogP contribution >= 0.6 is 19.0 Å². The number of amides is 1. The lowest BCUT2D eigenvalue weighted by molar-refractivity contribution is -0.150. The lowest BCUT2D eigenvalue weighted by atomic mass is 10.1. The molecule has 0 saturated heterocycles. The molecule has 3 rings (SSSR count). The van der Waals surface area contributed by atoms with Gasteiger partial charge < -0.3 is 19.8 Å². The summed E-state index contributed by atoms with van der Waals surface area (Å²) in [6, 6.07) is 6.11. The highest BCUT2D eigenvalue weighted by molar-refractivity contribution is 7.60. The number of ether oxygens (including phenoxy) is 2. The zero-order valence-electron chi connectivity index (χ0n) is 22.0. The van der Waals surface area contributed by atoms with Crippen LogP contribution in [0.4, 0.5) is 5.82 Å². The van der Waals surface area contributed by atoms with Crippen LogP contribution in [0.15, 0.2) is 36.9 Å². The number of hydrogen-bond donors (Lipinski definition) is 3. The Kier molecular flexibility index (Phi) is 9.48. The van der Waals surface area contributed by atoms with E-state index >= 15 is 0 Å². The maximum atomic E-state index is 14.0. The van der Waals surface area contributed by atoms with E-state index in [0.717, 1.165) is 0 Å². The predicted octanol–water partition coefficient (Wildman–Crippen LogP) is 3.62. The first-order valence-electron chi connectivity index (χ1n) is 12.0. The van der Waals surface area contributed by atoms with E-state index in [2.05, 4.69) is 25.1 Å².